The Morgan fingerprint density at radius 1 is 1.45 bits per heavy atom. The van der Waals surface area contributed by atoms with Crippen LogP contribution in [0.15, 0.2) is 18.5 Å². The van der Waals surface area contributed by atoms with Crippen LogP contribution in [0.4, 0.5) is 0 Å². The Labute approximate surface area is 175 Å². The zero-order valence-corrected chi connectivity index (χ0v) is 17.9. The van der Waals surface area contributed by atoms with Crippen LogP contribution in [0, 0.1) is 24.3 Å². The van der Waals surface area contributed by atoms with Gasteiger partial charge in [-0.3, -0.25) is 4.68 Å². The van der Waals surface area contributed by atoms with E-state index in [2.05, 4.69) is 18.2 Å². The molecule has 0 radical (unpaired) electrons. The van der Waals surface area contributed by atoms with Gasteiger partial charge in [-0.15, -0.1) is 0 Å². The summed E-state index contributed by atoms with van der Waals surface area (Å²) in [6, 6.07) is 2.01. The summed E-state index contributed by atoms with van der Waals surface area (Å²) in [7, 11) is 3.66. The van der Waals surface area contributed by atoms with Gasteiger partial charge < -0.3 is 9.64 Å². The zero-order valence-electron chi connectivity index (χ0n) is 17.2. The van der Waals surface area contributed by atoms with E-state index in [-0.39, 0.29) is 6.10 Å². The summed E-state index contributed by atoms with van der Waals surface area (Å²) in [5.41, 5.74) is 4.56. The quantitative estimate of drug-likeness (QED) is 0.448. The standard InChI is InChI=1S/C21H25ClN6O/c1-13-18(11-26(3)12-23)27(4)25-20(13)16-8-19(29-14(2)15-6-5-7-15)21-17(22)9-24-28(21)10-16/h8-10,14-15H,5-7,11H2,1-4H3. The Balaban J connectivity index is 1.77. The molecule has 29 heavy (non-hydrogen) atoms. The second-order valence-electron chi connectivity index (χ2n) is 7.89. The minimum Gasteiger partial charge on any atom is -0.488 e. The molecule has 1 fully saturated rings. The Hall–Kier alpha value is -2.72. The number of ether oxygens (including phenoxy) is 1. The van der Waals surface area contributed by atoms with E-state index in [1.807, 2.05) is 30.9 Å². The van der Waals surface area contributed by atoms with Crippen molar-refractivity contribution in [2.45, 2.75) is 45.8 Å². The van der Waals surface area contributed by atoms with E-state index in [1.165, 1.54) is 19.3 Å². The summed E-state index contributed by atoms with van der Waals surface area (Å²) in [6.07, 6.45) is 9.52. The maximum absolute atomic E-state index is 9.12. The highest BCUT2D eigenvalue weighted by Crippen LogP contribution is 2.37. The van der Waals surface area contributed by atoms with E-state index in [0.717, 1.165) is 33.8 Å². The van der Waals surface area contributed by atoms with Crippen LogP contribution in [-0.2, 0) is 13.6 Å². The van der Waals surface area contributed by atoms with Crippen LogP contribution in [0.5, 0.6) is 5.75 Å². The molecule has 0 aliphatic heterocycles. The summed E-state index contributed by atoms with van der Waals surface area (Å²) < 4.78 is 9.95. The molecule has 3 aromatic rings. The molecule has 0 aromatic carbocycles. The lowest BCUT2D eigenvalue weighted by atomic mass is 9.82. The maximum atomic E-state index is 9.12. The van der Waals surface area contributed by atoms with Gasteiger partial charge in [-0.05, 0) is 38.7 Å². The molecule has 4 rings (SSSR count). The summed E-state index contributed by atoms with van der Waals surface area (Å²) in [5, 5.41) is 18.8. The van der Waals surface area contributed by atoms with E-state index in [1.54, 1.807) is 22.7 Å². The van der Waals surface area contributed by atoms with Crippen LogP contribution >= 0.6 is 11.6 Å². The Bertz CT molecular complexity index is 1090. The molecule has 1 unspecified atom stereocenters. The van der Waals surface area contributed by atoms with Gasteiger partial charge in [0.1, 0.15) is 11.3 Å². The van der Waals surface area contributed by atoms with Gasteiger partial charge in [0.2, 0.25) is 0 Å². The van der Waals surface area contributed by atoms with Crippen molar-refractivity contribution in [2.75, 3.05) is 7.05 Å². The van der Waals surface area contributed by atoms with Crippen molar-refractivity contribution < 1.29 is 4.74 Å². The van der Waals surface area contributed by atoms with Crippen molar-refractivity contribution in [3.63, 3.8) is 0 Å². The first-order valence-electron chi connectivity index (χ1n) is 9.86. The highest BCUT2D eigenvalue weighted by molar-refractivity contribution is 6.34. The molecule has 8 heteroatoms. The third-order valence-corrected chi connectivity index (χ3v) is 6.20. The van der Waals surface area contributed by atoms with E-state index in [4.69, 9.17) is 26.7 Å². The fourth-order valence-electron chi connectivity index (χ4n) is 3.89. The molecule has 1 saturated carbocycles. The van der Waals surface area contributed by atoms with Crippen molar-refractivity contribution in [3.8, 4) is 23.2 Å². The molecule has 0 bridgehead atoms. The molecular formula is C21H25ClN6O. The van der Waals surface area contributed by atoms with Crippen LogP contribution in [0.25, 0.3) is 16.8 Å². The Morgan fingerprint density at radius 2 is 2.21 bits per heavy atom. The van der Waals surface area contributed by atoms with Crippen molar-refractivity contribution in [1.82, 2.24) is 24.3 Å². The van der Waals surface area contributed by atoms with E-state index >= 15 is 0 Å². The zero-order chi connectivity index (χ0) is 20.7. The highest BCUT2D eigenvalue weighted by Gasteiger charge is 2.27. The van der Waals surface area contributed by atoms with Gasteiger partial charge in [0.25, 0.3) is 0 Å². The van der Waals surface area contributed by atoms with Gasteiger partial charge >= 0.3 is 0 Å². The lowest BCUT2D eigenvalue weighted by Crippen LogP contribution is -2.29. The first-order valence-corrected chi connectivity index (χ1v) is 10.2. The lowest BCUT2D eigenvalue weighted by molar-refractivity contribution is 0.1000. The minimum absolute atomic E-state index is 0.124. The molecule has 7 nitrogen and oxygen atoms in total. The minimum atomic E-state index is 0.124. The molecule has 0 N–H and O–H groups in total. The van der Waals surface area contributed by atoms with Crippen molar-refractivity contribution in [3.05, 3.63) is 34.7 Å². The first-order chi connectivity index (χ1) is 13.9. The number of rotatable bonds is 6. The fourth-order valence-corrected chi connectivity index (χ4v) is 4.12. The van der Waals surface area contributed by atoms with Gasteiger partial charge in [0.15, 0.2) is 6.19 Å². The van der Waals surface area contributed by atoms with E-state index in [9.17, 15) is 0 Å². The molecule has 1 atom stereocenters. The maximum Gasteiger partial charge on any atom is 0.179 e. The Morgan fingerprint density at radius 3 is 2.86 bits per heavy atom. The second kappa shape index (κ2) is 7.60. The second-order valence-corrected chi connectivity index (χ2v) is 8.30. The molecular weight excluding hydrogens is 388 g/mol. The smallest absolute Gasteiger partial charge is 0.179 e. The topological polar surface area (TPSA) is 71.4 Å². The van der Waals surface area contributed by atoms with Gasteiger partial charge in [-0.2, -0.15) is 15.5 Å². The molecule has 0 spiro atoms. The van der Waals surface area contributed by atoms with Crippen molar-refractivity contribution in [2.24, 2.45) is 13.0 Å². The van der Waals surface area contributed by atoms with Gasteiger partial charge in [-0.25, -0.2) is 4.52 Å². The number of halogens is 1. The third-order valence-electron chi connectivity index (χ3n) is 5.92. The SMILES string of the molecule is Cc1c(-c2cc(OC(C)C3CCC3)c3c(Cl)cnn3c2)nn(C)c1CN(C)C#N. The normalized spacial score (nSPS) is 15.2. The predicted octanol–water partition coefficient (Wildman–Crippen LogP) is 4.18. The number of nitriles is 1. The summed E-state index contributed by atoms with van der Waals surface area (Å²) >= 11 is 6.40. The average molecular weight is 413 g/mol. The number of nitrogens with zero attached hydrogens (tertiary/aromatic N) is 6. The average Bonchev–Trinajstić information content (AvgIpc) is 3.14. The van der Waals surface area contributed by atoms with Crippen LogP contribution in [0.3, 0.4) is 0 Å². The van der Waals surface area contributed by atoms with Gasteiger partial charge in [0, 0.05) is 31.4 Å². The molecule has 0 amide bonds. The summed E-state index contributed by atoms with van der Waals surface area (Å²) in [5.74, 6) is 1.32. The lowest BCUT2D eigenvalue weighted by Gasteiger charge is -2.31. The summed E-state index contributed by atoms with van der Waals surface area (Å²) in [6.45, 7) is 4.66. The number of hydrogen-bond donors (Lipinski definition) is 0. The monoisotopic (exact) mass is 412 g/mol. The number of aryl methyl sites for hydroxylation is 1. The van der Waals surface area contributed by atoms with E-state index in [0.29, 0.717) is 17.5 Å². The molecule has 1 aliphatic rings. The van der Waals surface area contributed by atoms with Crippen LogP contribution in [0.2, 0.25) is 5.02 Å². The number of aromatic nitrogens is 4. The van der Waals surface area contributed by atoms with Gasteiger partial charge in [0.05, 0.1) is 35.3 Å². The number of hydrogen-bond acceptors (Lipinski definition) is 5. The number of pyridine rings is 1. The molecule has 152 valence electrons. The fraction of sp³-hybridized carbons (Fsp3) is 0.476. The number of fused-ring (bicyclic) bond motifs is 1. The molecule has 3 aromatic heterocycles. The predicted molar refractivity (Wildman–Crippen MR) is 112 cm³/mol. The van der Waals surface area contributed by atoms with Crippen LogP contribution in [-0.4, -0.2) is 37.4 Å². The molecule has 0 saturated heterocycles. The largest absolute Gasteiger partial charge is 0.488 e. The molecule has 1 aliphatic carbocycles. The first kappa shape index (κ1) is 19.6. The van der Waals surface area contributed by atoms with Crippen molar-refractivity contribution in [1.29, 1.82) is 5.26 Å². The highest BCUT2D eigenvalue weighted by atomic mass is 35.5. The van der Waals surface area contributed by atoms with Gasteiger partial charge in [-0.1, -0.05) is 18.0 Å². The Kier molecular flexibility index (Phi) is 5.13. The van der Waals surface area contributed by atoms with Crippen LogP contribution in [0.1, 0.15) is 37.4 Å². The van der Waals surface area contributed by atoms with E-state index < -0.39 is 0 Å². The van der Waals surface area contributed by atoms with Crippen LogP contribution < -0.4 is 4.74 Å². The molecule has 3 heterocycles. The summed E-state index contributed by atoms with van der Waals surface area (Å²) in [4.78, 5) is 1.58. The third kappa shape index (κ3) is 3.53. The van der Waals surface area contributed by atoms with Crippen molar-refractivity contribution >= 4 is 17.1 Å².